The Bertz CT molecular complexity index is 195. The first-order valence-electron chi connectivity index (χ1n) is 2.15. The third kappa shape index (κ3) is 2.03. The molecule has 0 fully saturated rings. The fraction of sp³-hybridized carbons (Fsp3) is 0. The highest BCUT2D eigenvalue weighted by Gasteiger charge is 2.07. The van der Waals surface area contributed by atoms with Crippen LogP contribution in [-0.4, -0.2) is 34.4 Å². The van der Waals surface area contributed by atoms with E-state index in [4.69, 9.17) is 10.4 Å². The number of carbonyl (C=O) groups is 2. The van der Waals surface area contributed by atoms with Crippen molar-refractivity contribution in [1.29, 1.82) is 0 Å². The zero-order chi connectivity index (χ0) is 7.98. The van der Waals surface area contributed by atoms with Crippen LogP contribution in [0.3, 0.4) is 0 Å². The number of oxime groups is 2. The molecular weight excluding hydrogens is 140 g/mol. The van der Waals surface area contributed by atoms with Gasteiger partial charge in [0, 0.05) is 0 Å². The van der Waals surface area contributed by atoms with Gasteiger partial charge in [0.05, 0.1) is 6.21 Å². The monoisotopic (exact) mass is 144 g/mol. The molecule has 6 heteroatoms. The van der Waals surface area contributed by atoms with Crippen LogP contribution in [0, 0.1) is 0 Å². The maximum Gasteiger partial charge on any atom is 0.248 e. The van der Waals surface area contributed by atoms with Gasteiger partial charge in [-0.15, -0.1) is 0 Å². The van der Waals surface area contributed by atoms with E-state index in [1.165, 1.54) is 0 Å². The smallest absolute Gasteiger partial charge is 0.248 e. The standard InChI is InChI=1S/C4H4N2O4/c7-2-4(8)3(6-10)1-5-9/h1-2,9-10H. The SMILES string of the molecule is O=CC(=O)C(C=NO)=NO. The van der Waals surface area contributed by atoms with Crippen molar-refractivity contribution in [3.8, 4) is 0 Å². The fourth-order valence-corrected chi connectivity index (χ4v) is 0.254. The zero-order valence-corrected chi connectivity index (χ0v) is 4.76. The molecule has 0 saturated carbocycles. The Morgan fingerprint density at radius 1 is 1.40 bits per heavy atom. The number of nitrogens with zero attached hydrogens (tertiary/aromatic N) is 2. The van der Waals surface area contributed by atoms with Gasteiger partial charge in [-0.2, -0.15) is 0 Å². The molecule has 0 heterocycles. The molecule has 0 radical (unpaired) electrons. The van der Waals surface area contributed by atoms with E-state index in [1.807, 2.05) is 0 Å². The van der Waals surface area contributed by atoms with Crippen molar-refractivity contribution in [3.05, 3.63) is 0 Å². The van der Waals surface area contributed by atoms with Crippen molar-refractivity contribution in [1.82, 2.24) is 0 Å². The van der Waals surface area contributed by atoms with Gasteiger partial charge in [0.1, 0.15) is 0 Å². The van der Waals surface area contributed by atoms with E-state index in [9.17, 15) is 9.59 Å². The maximum atomic E-state index is 10.3. The molecule has 0 aromatic heterocycles. The van der Waals surface area contributed by atoms with E-state index in [1.54, 1.807) is 0 Å². The van der Waals surface area contributed by atoms with Gasteiger partial charge in [-0.05, 0) is 0 Å². The number of carbonyl (C=O) groups excluding carboxylic acids is 2. The molecule has 0 spiro atoms. The normalized spacial score (nSPS) is 11.8. The first-order chi connectivity index (χ1) is 4.76. The molecule has 0 unspecified atom stereocenters. The number of hydrogen-bond donors (Lipinski definition) is 2. The van der Waals surface area contributed by atoms with Crippen LogP contribution in [0.25, 0.3) is 0 Å². The highest BCUT2D eigenvalue weighted by atomic mass is 16.4. The molecule has 6 nitrogen and oxygen atoms in total. The molecule has 0 amide bonds. The predicted molar refractivity (Wildman–Crippen MR) is 30.6 cm³/mol. The Kier molecular flexibility index (Phi) is 3.47. The van der Waals surface area contributed by atoms with Gasteiger partial charge in [0.25, 0.3) is 0 Å². The average molecular weight is 144 g/mol. The Morgan fingerprint density at radius 2 is 2.00 bits per heavy atom. The summed E-state index contributed by atoms with van der Waals surface area (Å²) >= 11 is 0. The molecule has 0 bridgehead atoms. The summed E-state index contributed by atoms with van der Waals surface area (Å²) in [5, 5.41) is 20.5. The minimum Gasteiger partial charge on any atom is -0.411 e. The number of hydrogen-bond acceptors (Lipinski definition) is 6. The minimum absolute atomic E-state index is 0.0588. The van der Waals surface area contributed by atoms with Crippen LogP contribution >= 0.6 is 0 Å². The molecular formula is C4H4N2O4. The van der Waals surface area contributed by atoms with Gasteiger partial charge in [-0.1, -0.05) is 10.3 Å². The second kappa shape index (κ2) is 4.19. The second-order valence-corrected chi connectivity index (χ2v) is 1.21. The maximum absolute atomic E-state index is 10.3. The van der Waals surface area contributed by atoms with E-state index >= 15 is 0 Å². The third-order valence-corrected chi connectivity index (χ3v) is 0.647. The highest BCUT2D eigenvalue weighted by molar-refractivity contribution is 6.73. The van der Waals surface area contributed by atoms with Gasteiger partial charge in [-0.25, -0.2) is 0 Å². The molecule has 0 saturated heterocycles. The van der Waals surface area contributed by atoms with Crippen molar-refractivity contribution < 1.29 is 20.0 Å². The third-order valence-electron chi connectivity index (χ3n) is 0.647. The first kappa shape index (κ1) is 8.28. The molecule has 54 valence electrons. The zero-order valence-electron chi connectivity index (χ0n) is 4.76. The number of aldehydes is 1. The van der Waals surface area contributed by atoms with E-state index in [-0.39, 0.29) is 6.29 Å². The molecule has 0 aliphatic heterocycles. The minimum atomic E-state index is -1.06. The fourth-order valence-electron chi connectivity index (χ4n) is 0.254. The lowest BCUT2D eigenvalue weighted by molar-refractivity contribution is -0.125. The Balaban J connectivity index is 4.37. The second-order valence-electron chi connectivity index (χ2n) is 1.21. The number of rotatable bonds is 3. The number of Topliss-reactive ketones (excluding diaryl/α,β-unsaturated/α-hetero) is 1. The summed E-state index contributed by atoms with van der Waals surface area (Å²) in [4.78, 5) is 20.0. The van der Waals surface area contributed by atoms with Gasteiger partial charge in [0.2, 0.25) is 5.78 Å². The lowest BCUT2D eigenvalue weighted by Crippen LogP contribution is -2.16. The Morgan fingerprint density at radius 3 is 2.30 bits per heavy atom. The molecule has 0 aromatic rings. The largest absolute Gasteiger partial charge is 0.411 e. The summed E-state index contributed by atoms with van der Waals surface area (Å²) in [5.41, 5.74) is -0.613. The van der Waals surface area contributed by atoms with Crippen molar-refractivity contribution in [3.63, 3.8) is 0 Å². The van der Waals surface area contributed by atoms with Gasteiger partial charge < -0.3 is 10.4 Å². The van der Waals surface area contributed by atoms with Gasteiger partial charge in [0.15, 0.2) is 12.0 Å². The van der Waals surface area contributed by atoms with E-state index < -0.39 is 11.5 Å². The molecule has 0 aromatic carbocycles. The molecule has 0 atom stereocenters. The van der Waals surface area contributed by atoms with Crippen LogP contribution in [0.5, 0.6) is 0 Å². The molecule has 0 aliphatic rings. The first-order valence-corrected chi connectivity index (χ1v) is 2.15. The van der Waals surface area contributed by atoms with Crippen molar-refractivity contribution in [2.75, 3.05) is 0 Å². The summed E-state index contributed by atoms with van der Waals surface area (Å²) in [7, 11) is 0. The summed E-state index contributed by atoms with van der Waals surface area (Å²) < 4.78 is 0. The van der Waals surface area contributed by atoms with Crippen LogP contribution in [-0.2, 0) is 9.59 Å². The van der Waals surface area contributed by atoms with Crippen molar-refractivity contribution in [2.45, 2.75) is 0 Å². The average Bonchev–Trinajstić information content (AvgIpc) is 1.99. The molecule has 2 N–H and O–H groups in total. The van der Waals surface area contributed by atoms with Crippen molar-refractivity contribution >= 4 is 24.0 Å². The van der Waals surface area contributed by atoms with Crippen LogP contribution in [0.2, 0.25) is 0 Å². The van der Waals surface area contributed by atoms with Crippen molar-refractivity contribution in [2.24, 2.45) is 10.3 Å². The number of ketones is 1. The Labute approximate surface area is 55.4 Å². The van der Waals surface area contributed by atoms with Gasteiger partial charge in [-0.3, -0.25) is 9.59 Å². The van der Waals surface area contributed by atoms with E-state index in [0.717, 1.165) is 0 Å². The lowest BCUT2D eigenvalue weighted by Gasteiger charge is -1.84. The quantitative estimate of drug-likeness (QED) is 0.175. The van der Waals surface area contributed by atoms with E-state index in [2.05, 4.69) is 10.3 Å². The predicted octanol–water partition coefficient (Wildman–Crippen LogP) is -0.955. The summed E-state index contributed by atoms with van der Waals surface area (Å²) in [5.74, 6) is -1.06. The van der Waals surface area contributed by atoms with Crippen LogP contribution < -0.4 is 0 Å². The Hall–Kier alpha value is -1.72. The van der Waals surface area contributed by atoms with Crippen LogP contribution in [0.4, 0.5) is 0 Å². The molecule has 10 heavy (non-hydrogen) atoms. The summed E-state index contributed by atoms with van der Waals surface area (Å²) in [6, 6.07) is 0. The summed E-state index contributed by atoms with van der Waals surface area (Å²) in [6.45, 7) is 0. The van der Waals surface area contributed by atoms with Crippen LogP contribution in [0.1, 0.15) is 0 Å². The molecule has 0 aliphatic carbocycles. The van der Waals surface area contributed by atoms with Gasteiger partial charge >= 0.3 is 0 Å². The molecule has 0 rings (SSSR count). The lowest BCUT2D eigenvalue weighted by atomic mass is 10.3. The topological polar surface area (TPSA) is 99.3 Å². The van der Waals surface area contributed by atoms with Crippen LogP contribution in [0.15, 0.2) is 10.3 Å². The van der Waals surface area contributed by atoms with E-state index in [0.29, 0.717) is 6.21 Å². The highest BCUT2D eigenvalue weighted by Crippen LogP contribution is 1.73. The summed E-state index contributed by atoms with van der Waals surface area (Å²) in [6.07, 6.45) is 0.494.